The van der Waals surface area contributed by atoms with Gasteiger partial charge in [-0.1, -0.05) is 0 Å². The van der Waals surface area contributed by atoms with E-state index in [0.717, 1.165) is 6.07 Å². The summed E-state index contributed by atoms with van der Waals surface area (Å²) in [6.45, 7) is 0. The van der Waals surface area contributed by atoms with E-state index in [2.05, 4.69) is 10.1 Å². The van der Waals surface area contributed by atoms with Crippen molar-refractivity contribution >= 4 is 0 Å². The lowest BCUT2D eigenvalue weighted by Crippen LogP contribution is -1.95. The van der Waals surface area contributed by atoms with Crippen molar-refractivity contribution in [2.75, 3.05) is 0 Å². The van der Waals surface area contributed by atoms with E-state index in [4.69, 9.17) is 0 Å². The summed E-state index contributed by atoms with van der Waals surface area (Å²) < 4.78 is 26.7. The van der Waals surface area contributed by atoms with Crippen LogP contribution in [-0.4, -0.2) is 14.8 Å². The van der Waals surface area contributed by atoms with Crippen LogP contribution in [0, 0.1) is 11.6 Å². The maximum absolute atomic E-state index is 12.7. The summed E-state index contributed by atoms with van der Waals surface area (Å²) in [5.74, 6) is -1.27. The van der Waals surface area contributed by atoms with Crippen LogP contribution in [0.5, 0.6) is 0 Å². The Labute approximate surface area is 72.6 Å². The largest absolute Gasteiger partial charge is 0.223 e. The monoisotopic (exact) mass is 181 g/mol. The highest BCUT2D eigenvalue weighted by Crippen LogP contribution is 2.10. The van der Waals surface area contributed by atoms with Gasteiger partial charge in [0.2, 0.25) is 0 Å². The van der Waals surface area contributed by atoms with Crippen molar-refractivity contribution in [2.24, 2.45) is 0 Å². The average Bonchev–Trinajstić information content (AvgIpc) is 2.53. The van der Waals surface area contributed by atoms with Gasteiger partial charge in [0.05, 0.1) is 5.69 Å². The highest BCUT2D eigenvalue weighted by Gasteiger charge is 2.02. The molecule has 5 heteroatoms. The summed E-state index contributed by atoms with van der Waals surface area (Å²) >= 11 is 0. The summed E-state index contributed by atoms with van der Waals surface area (Å²) in [6.07, 6.45) is 2.66. The number of nitrogens with zero attached hydrogens (tertiary/aromatic N) is 3. The molecule has 1 aromatic carbocycles. The summed E-state index contributed by atoms with van der Waals surface area (Å²) in [5, 5.41) is 3.74. The van der Waals surface area contributed by atoms with E-state index in [1.165, 1.54) is 29.5 Å². The predicted octanol–water partition coefficient (Wildman–Crippen LogP) is 1.55. The number of hydrogen-bond acceptors (Lipinski definition) is 2. The third-order valence-electron chi connectivity index (χ3n) is 1.53. The van der Waals surface area contributed by atoms with Gasteiger partial charge in [0.25, 0.3) is 0 Å². The first-order valence-electron chi connectivity index (χ1n) is 3.57. The van der Waals surface area contributed by atoms with Crippen molar-refractivity contribution in [3.05, 3.63) is 42.5 Å². The van der Waals surface area contributed by atoms with Crippen molar-refractivity contribution in [3.63, 3.8) is 0 Å². The van der Waals surface area contributed by atoms with Gasteiger partial charge in [0.1, 0.15) is 24.3 Å². The normalized spacial score (nSPS) is 10.3. The molecule has 1 heterocycles. The molecule has 0 unspecified atom stereocenters. The molecule has 3 nitrogen and oxygen atoms in total. The zero-order valence-corrected chi connectivity index (χ0v) is 6.48. The molecule has 13 heavy (non-hydrogen) atoms. The maximum atomic E-state index is 12.7. The predicted molar refractivity (Wildman–Crippen MR) is 41.3 cm³/mol. The van der Waals surface area contributed by atoms with Crippen LogP contribution in [0.15, 0.2) is 30.9 Å². The first-order chi connectivity index (χ1) is 6.25. The van der Waals surface area contributed by atoms with E-state index in [9.17, 15) is 8.78 Å². The summed E-state index contributed by atoms with van der Waals surface area (Å²) in [4.78, 5) is 3.66. The van der Waals surface area contributed by atoms with Gasteiger partial charge in [0, 0.05) is 6.07 Å². The molecule has 1 aromatic heterocycles. The molecular weight excluding hydrogens is 176 g/mol. The van der Waals surface area contributed by atoms with Crippen LogP contribution in [0.3, 0.4) is 0 Å². The molecule has 2 aromatic rings. The van der Waals surface area contributed by atoms with E-state index < -0.39 is 11.6 Å². The Morgan fingerprint density at radius 1 is 1.08 bits per heavy atom. The minimum Gasteiger partial charge on any atom is -0.223 e. The van der Waals surface area contributed by atoms with Crippen LogP contribution < -0.4 is 0 Å². The first-order valence-corrected chi connectivity index (χ1v) is 3.57. The van der Waals surface area contributed by atoms with Gasteiger partial charge in [-0.3, -0.25) is 0 Å². The fraction of sp³-hybridized carbons (Fsp3) is 0. The molecule has 0 amide bonds. The number of benzene rings is 1. The zero-order valence-electron chi connectivity index (χ0n) is 6.48. The van der Waals surface area contributed by atoms with Crippen molar-refractivity contribution in [1.82, 2.24) is 14.8 Å². The second-order valence-electron chi connectivity index (χ2n) is 2.47. The molecule has 0 saturated carbocycles. The van der Waals surface area contributed by atoms with Crippen molar-refractivity contribution in [2.45, 2.75) is 0 Å². The lowest BCUT2D eigenvalue weighted by Gasteiger charge is -1.99. The molecule has 0 N–H and O–H groups in total. The molecular formula is C8H5F2N3. The number of rotatable bonds is 1. The second kappa shape index (κ2) is 2.93. The van der Waals surface area contributed by atoms with Gasteiger partial charge < -0.3 is 0 Å². The van der Waals surface area contributed by atoms with Crippen molar-refractivity contribution in [1.29, 1.82) is 0 Å². The van der Waals surface area contributed by atoms with Crippen molar-refractivity contribution < 1.29 is 8.78 Å². The van der Waals surface area contributed by atoms with Crippen LogP contribution in [0.1, 0.15) is 0 Å². The Balaban J connectivity index is 2.53. The third kappa shape index (κ3) is 1.53. The van der Waals surface area contributed by atoms with E-state index in [1.54, 1.807) is 0 Å². The summed E-state index contributed by atoms with van der Waals surface area (Å²) in [5.41, 5.74) is 0.315. The van der Waals surface area contributed by atoms with Gasteiger partial charge in [-0.2, -0.15) is 5.10 Å². The lowest BCUT2D eigenvalue weighted by atomic mass is 10.3. The standard InChI is InChI=1S/C8H5F2N3/c9-6-1-7(10)3-8(2-6)13-5-11-4-12-13/h1-5H. The van der Waals surface area contributed by atoms with E-state index >= 15 is 0 Å². The Morgan fingerprint density at radius 3 is 2.31 bits per heavy atom. The van der Waals surface area contributed by atoms with Gasteiger partial charge in [-0.25, -0.2) is 18.4 Å². The van der Waals surface area contributed by atoms with Crippen LogP contribution in [0.25, 0.3) is 5.69 Å². The smallest absolute Gasteiger partial charge is 0.138 e. The molecule has 0 aliphatic rings. The van der Waals surface area contributed by atoms with E-state index in [-0.39, 0.29) is 0 Å². The Kier molecular flexibility index (Phi) is 1.77. The number of aromatic nitrogens is 3. The molecule has 0 bridgehead atoms. The average molecular weight is 181 g/mol. The third-order valence-corrected chi connectivity index (χ3v) is 1.53. The van der Waals surface area contributed by atoms with Crippen LogP contribution in [-0.2, 0) is 0 Å². The van der Waals surface area contributed by atoms with E-state index in [0.29, 0.717) is 5.69 Å². The Bertz CT molecular complexity index is 391. The maximum Gasteiger partial charge on any atom is 0.138 e. The highest BCUT2D eigenvalue weighted by atomic mass is 19.1. The number of hydrogen-bond donors (Lipinski definition) is 0. The quantitative estimate of drug-likeness (QED) is 0.668. The molecule has 2 rings (SSSR count). The van der Waals surface area contributed by atoms with Gasteiger partial charge >= 0.3 is 0 Å². The molecule has 0 radical (unpaired) electrons. The van der Waals surface area contributed by atoms with Crippen molar-refractivity contribution in [3.8, 4) is 5.69 Å². The lowest BCUT2D eigenvalue weighted by molar-refractivity contribution is 0.580. The summed E-state index contributed by atoms with van der Waals surface area (Å²) in [6, 6.07) is 3.16. The second-order valence-corrected chi connectivity index (χ2v) is 2.47. The fourth-order valence-corrected chi connectivity index (χ4v) is 1.01. The highest BCUT2D eigenvalue weighted by molar-refractivity contribution is 5.30. The van der Waals surface area contributed by atoms with Gasteiger partial charge in [-0.15, -0.1) is 0 Å². The number of halogens is 2. The molecule has 66 valence electrons. The molecule has 0 atom stereocenters. The molecule has 0 aliphatic heterocycles. The van der Waals surface area contributed by atoms with Crippen LogP contribution in [0.4, 0.5) is 8.78 Å². The van der Waals surface area contributed by atoms with Crippen LogP contribution >= 0.6 is 0 Å². The molecule has 0 aliphatic carbocycles. The molecule has 0 fully saturated rings. The topological polar surface area (TPSA) is 30.7 Å². The van der Waals surface area contributed by atoms with Gasteiger partial charge in [0.15, 0.2) is 0 Å². The Morgan fingerprint density at radius 2 is 1.77 bits per heavy atom. The SMILES string of the molecule is Fc1cc(F)cc(-n2cncn2)c1. The minimum absolute atomic E-state index is 0.315. The fourth-order valence-electron chi connectivity index (χ4n) is 1.01. The van der Waals surface area contributed by atoms with Crippen LogP contribution in [0.2, 0.25) is 0 Å². The molecule has 0 saturated heterocycles. The Hall–Kier alpha value is -1.78. The minimum atomic E-state index is -0.634. The molecule has 0 spiro atoms. The zero-order chi connectivity index (χ0) is 9.26. The van der Waals surface area contributed by atoms with Gasteiger partial charge in [-0.05, 0) is 12.1 Å². The summed E-state index contributed by atoms with van der Waals surface area (Å²) in [7, 11) is 0. The van der Waals surface area contributed by atoms with E-state index in [1.807, 2.05) is 0 Å². The first kappa shape index (κ1) is 7.85.